The maximum Gasteiger partial charge on any atom is 0.434 e. The first-order valence-corrected chi connectivity index (χ1v) is 13.9. The Morgan fingerprint density at radius 2 is 1.73 bits per heavy atom. The number of carbonyl (C=O) groups is 2. The predicted octanol–water partition coefficient (Wildman–Crippen LogP) is 5.85. The van der Waals surface area contributed by atoms with Crippen molar-refractivity contribution in [1.82, 2.24) is 20.4 Å². The summed E-state index contributed by atoms with van der Waals surface area (Å²) in [5.41, 5.74) is -0.945. The van der Waals surface area contributed by atoms with Gasteiger partial charge in [-0.05, 0) is 60.9 Å². The lowest BCUT2D eigenvalue weighted by molar-refractivity contribution is -0.143. The average molecular weight is 592 g/mol. The van der Waals surface area contributed by atoms with Crippen LogP contribution in [0, 0.1) is 5.92 Å². The van der Waals surface area contributed by atoms with Crippen molar-refractivity contribution in [2.75, 3.05) is 25.5 Å². The normalized spacial score (nSPS) is 14.8. The number of hydrogen-bond donors (Lipinski definition) is 3. The van der Waals surface area contributed by atoms with Crippen LogP contribution in [0.15, 0.2) is 54.7 Å². The van der Waals surface area contributed by atoms with Gasteiger partial charge in [0, 0.05) is 23.8 Å². The topological polar surface area (TPSA) is 97.3 Å². The second kappa shape index (κ2) is 13.8. The zero-order chi connectivity index (χ0) is 29.4. The first-order chi connectivity index (χ1) is 19.7. The molecule has 1 heterocycles. The molecule has 4 rings (SSSR count). The van der Waals surface area contributed by atoms with E-state index < -0.39 is 35.3 Å². The third kappa shape index (κ3) is 8.16. The summed E-state index contributed by atoms with van der Waals surface area (Å²) in [5, 5.41) is 12.8. The number of carbonyl (C=O) groups excluding carboxylic acids is 2. The van der Waals surface area contributed by atoms with Crippen molar-refractivity contribution in [3.05, 3.63) is 71.0 Å². The van der Waals surface area contributed by atoms with Gasteiger partial charge in [0.05, 0.1) is 24.6 Å². The molecule has 2 aromatic carbocycles. The van der Waals surface area contributed by atoms with Gasteiger partial charge in [-0.1, -0.05) is 43.7 Å². The lowest BCUT2D eigenvalue weighted by atomic mass is 9.84. The quantitative estimate of drug-likeness (QED) is 0.243. The lowest BCUT2D eigenvalue weighted by Crippen LogP contribution is -2.49. The molecule has 0 bridgehead atoms. The Balaban J connectivity index is 1.47. The van der Waals surface area contributed by atoms with Crippen molar-refractivity contribution >= 4 is 29.1 Å². The van der Waals surface area contributed by atoms with Crippen LogP contribution in [0.1, 0.15) is 54.6 Å². The van der Waals surface area contributed by atoms with Gasteiger partial charge in [-0.25, -0.2) is 4.68 Å². The number of alkyl halides is 3. The van der Waals surface area contributed by atoms with Crippen molar-refractivity contribution in [1.29, 1.82) is 0 Å². The second-order valence-corrected chi connectivity index (χ2v) is 10.4. The molecule has 0 saturated heterocycles. The van der Waals surface area contributed by atoms with Crippen LogP contribution in [-0.4, -0.2) is 47.8 Å². The summed E-state index contributed by atoms with van der Waals surface area (Å²) in [5.74, 6) is -0.544. The zero-order valence-corrected chi connectivity index (χ0v) is 23.4. The van der Waals surface area contributed by atoms with Gasteiger partial charge < -0.3 is 20.7 Å². The monoisotopic (exact) mass is 591 g/mol. The molecule has 1 fully saturated rings. The minimum absolute atomic E-state index is 0.0987. The smallest absolute Gasteiger partial charge is 0.434 e. The van der Waals surface area contributed by atoms with Gasteiger partial charge in [0.1, 0.15) is 11.8 Å². The third-order valence-corrected chi connectivity index (χ3v) is 7.36. The van der Waals surface area contributed by atoms with E-state index in [-0.39, 0.29) is 18.2 Å². The molecule has 1 aromatic heterocycles. The predicted molar refractivity (Wildman–Crippen MR) is 151 cm³/mol. The van der Waals surface area contributed by atoms with Gasteiger partial charge >= 0.3 is 6.18 Å². The number of halogens is 4. The summed E-state index contributed by atoms with van der Waals surface area (Å²) in [6.07, 6.45) is 1.29. The van der Waals surface area contributed by atoms with E-state index in [1.165, 1.54) is 24.3 Å². The number of amides is 2. The molecule has 0 aliphatic heterocycles. The van der Waals surface area contributed by atoms with Crippen LogP contribution in [0.25, 0.3) is 5.69 Å². The molecule has 1 aliphatic carbocycles. The van der Waals surface area contributed by atoms with Crippen LogP contribution >= 0.6 is 11.6 Å². The molecular formula is C29H33ClF3N5O3. The van der Waals surface area contributed by atoms with Crippen LogP contribution in [0.5, 0.6) is 5.75 Å². The Bertz CT molecular complexity index is 1310. The molecule has 0 unspecified atom stereocenters. The van der Waals surface area contributed by atoms with E-state index in [0.717, 1.165) is 49.7 Å². The fourth-order valence-corrected chi connectivity index (χ4v) is 5.14. The number of aromatic nitrogens is 2. The highest BCUT2D eigenvalue weighted by Gasteiger charge is 2.41. The lowest BCUT2D eigenvalue weighted by Gasteiger charge is -2.27. The van der Waals surface area contributed by atoms with E-state index >= 15 is 0 Å². The highest BCUT2D eigenvalue weighted by Crippen LogP contribution is 2.34. The minimum Gasteiger partial charge on any atom is -0.497 e. The number of nitrogens with one attached hydrogen (secondary N) is 3. The van der Waals surface area contributed by atoms with Gasteiger partial charge in [-0.3, -0.25) is 9.59 Å². The van der Waals surface area contributed by atoms with Crippen molar-refractivity contribution in [3.63, 3.8) is 0 Å². The number of benzene rings is 2. The molecule has 8 nitrogen and oxygen atoms in total. The molecule has 1 atom stereocenters. The standard InChI is InChI=1S/C29H33ClF3N5O3/c1-41-23-13-9-21(10-14-23)34-15-16-35-28(40)25(17-19-5-3-2-4-6-19)37-27(39)24-18-36-38(26(24)29(31,32)33)22-11-7-20(30)8-12-22/h7-14,18-19,25,34H,2-6,15-17H2,1H3,(H,35,40)(H,37,39)/t25-/m0/s1. The van der Waals surface area contributed by atoms with Crippen molar-refractivity contribution in [3.8, 4) is 11.4 Å². The summed E-state index contributed by atoms with van der Waals surface area (Å²) < 4.78 is 48.3. The molecule has 1 aliphatic rings. The van der Waals surface area contributed by atoms with Gasteiger partial charge in [0.15, 0.2) is 5.69 Å². The van der Waals surface area contributed by atoms with Gasteiger partial charge in [0.2, 0.25) is 5.91 Å². The van der Waals surface area contributed by atoms with Crippen LogP contribution in [0.2, 0.25) is 5.02 Å². The second-order valence-electron chi connectivity index (χ2n) is 10.0. The van der Waals surface area contributed by atoms with E-state index in [0.29, 0.717) is 22.7 Å². The van der Waals surface area contributed by atoms with Gasteiger partial charge in [-0.15, -0.1) is 0 Å². The highest BCUT2D eigenvalue weighted by atomic mass is 35.5. The Kier molecular flexibility index (Phi) is 10.1. The molecular weight excluding hydrogens is 559 g/mol. The molecule has 0 radical (unpaired) electrons. The van der Waals surface area contributed by atoms with E-state index in [1.54, 1.807) is 19.2 Å². The average Bonchev–Trinajstić information content (AvgIpc) is 3.42. The van der Waals surface area contributed by atoms with E-state index in [1.807, 2.05) is 12.1 Å². The molecule has 2 amide bonds. The summed E-state index contributed by atoms with van der Waals surface area (Å²) in [6, 6.07) is 11.9. The number of anilines is 1. The number of hydrogen-bond acceptors (Lipinski definition) is 5. The summed E-state index contributed by atoms with van der Waals surface area (Å²) in [7, 11) is 1.58. The van der Waals surface area contributed by atoms with E-state index in [2.05, 4.69) is 21.0 Å². The van der Waals surface area contributed by atoms with Crippen LogP contribution < -0.4 is 20.7 Å². The zero-order valence-electron chi connectivity index (χ0n) is 22.6. The largest absolute Gasteiger partial charge is 0.497 e. The highest BCUT2D eigenvalue weighted by molar-refractivity contribution is 6.30. The molecule has 3 aromatic rings. The number of ether oxygens (including phenoxy) is 1. The van der Waals surface area contributed by atoms with Crippen molar-refractivity contribution in [2.45, 2.75) is 50.7 Å². The number of methoxy groups -OCH3 is 1. The fourth-order valence-electron chi connectivity index (χ4n) is 5.01. The van der Waals surface area contributed by atoms with Crippen molar-refractivity contribution < 1.29 is 27.5 Å². The summed E-state index contributed by atoms with van der Waals surface area (Å²) in [6.45, 7) is 0.665. The number of nitrogens with zero attached hydrogens (tertiary/aromatic N) is 2. The Hall–Kier alpha value is -3.73. The van der Waals surface area contributed by atoms with Gasteiger partial charge in [0.25, 0.3) is 5.91 Å². The summed E-state index contributed by atoms with van der Waals surface area (Å²) >= 11 is 5.88. The Morgan fingerprint density at radius 3 is 2.37 bits per heavy atom. The maximum atomic E-state index is 14.2. The Labute approximate surface area is 241 Å². The molecule has 0 spiro atoms. The van der Waals surface area contributed by atoms with Gasteiger partial charge in [-0.2, -0.15) is 18.3 Å². The van der Waals surface area contributed by atoms with Crippen LogP contribution in [-0.2, 0) is 11.0 Å². The molecule has 41 heavy (non-hydrogen) atoms. The van der Waals surface area contributed by atoms with Crippen LogP contribution in [0.4, 0.5) is 18.9 Å². The molecule has 220 valence electrons. The van der Waals surface area contributed by atoms with E-state index in [4.69, 9.17) is 16.3 Å². The first kappa shape index (κ1) is 30.2. The first-order valence-electron chi connectivity index (χ1n) is 13.5. The Morgan fingerprint density at radius 1 is 1.05 bits per heavy atom. The number of rotatable bonds is 11. The fraction of sp³-hybridized carbons (Fsp3) is 0.414. The summed E-state index contributed by atoms with van der Waals surface area (Å²) in [4.78, 5) is 26.4. The molecule has 3 N–H and O–H groups in total. The molecule has 12 heteroatoms. The van der Waals surface area contributed by atoms with Crippen molar-refractivity contribution in [2.24, 2.45) is 5.92 Å². The van der Waals surface area contributed by atoms with Crippen LogP contribution in [0.3, 0.4) is 0 Å². The maximum absolute atomic E-state index is 14.2. The minimum atomic E-state index is -4.88. The van der Waals surface area contributed by atoms with E-state index in [9.17, 15) is 22.8 Å². The third-order valence-electron chi connectivity index (χ3n) is 7.11. The molecule has 1 saturated carbocycles. The SMILES string of the molecule is COc1ccc(NCCNC(=O)[C@H](CC2CCCCC2)NC(=O)c2cnn(-c3ccc(Cl)cc3)c2C(F)(F)F)cc1.